The summed E-state index contributed by atoms with van der Waals surface area (Å²) in [6.45, 7) is 5.00. The van der Waals surface area contributed by atoms with E-state index >= 15 is 0 Å². The fourth-order valence-corrected chi connectivity index (χ4v) is 2.73. The van der Waals surface area contributed by atoms with E-state index in [4.69, 9.17) is 21.4 Å². The summed E-state index contributed by atoms with van der Waals surface area (Å²) in [6, 6.07) is 13.8. The number of rotatable bonds is 7. The fourth-order valence-electron chi connectivity index (χ4n) is 2.55. The van der Waals surface area contributed by atoms with Gasteiger partial charge in [-0.25, -0.2) is 0 Å². The Morgan fingerprint density at radius 3 is 2.46 bits per heavy atom. The van der Waals surface area contributed by atoms with Gasteiger partial charge in [-0.2, -0.15) is 0 Å². The highest BCUT2D eigenvalue weighted by Gasteiger charge is 2.30. The van der Waals surface area contributed by atoms with Crippen molar-refractivity contribution in [2.45, 2.75) is 38.7 Å². The molecule has 0 aliphatic rings. The molecule has 0 aliphatic carbocycles. The Kier molecular flexibility index (Phi) is 7.08. The number of hydrogen-bond acceptors (Lipinski definition) is 3. The van der Waals surface area contributed by atoms with Gasteiger partial charge in [0.25, 0.3) is 5.91 Å². The molecule has 0 fully saturated rings. The summed E-state index contributed by atoms with van der Waals surface area (Å²) in [5, 5.41) is 12.4. The lowest BCUT2D eigenvalue weighted by atomic mass is 9.96. The Morgan fingerprint density at radius 2 is 1.89 bits per heavy atom. The molecule has 2 rings (SSSR count). The third-order valence-corrected chi connectivity index (χ3v) is 4.22. The van der Waals surface area contributed by atoms with Crippen LogP contribution in [0.3, 0.4) is 0 Å². The zero-order valence-electron chi connectivity index (χ0n) is 16.0. The van der Waals surface area contributed by atoms with Crippen molar-refractivity contribution in [3.8, 4) is 17.6 Å². The van der Waals surface area contributed by atoms with Gasteiger partial charge in [0, 0.05) is 10.7 Å². The minimum atomic E-state index is -1.12. The summed E-state index contributed by atoms with van der Waals surface area (Å²) in [7, 11) is 0. The quantitative estimate of drug-likeness (QED) is 0.660. The molecule has 0 heterocycles. The molecule has 1 amide bonds. The summed E-state index contributed by atoms with van der Waals surface area (Å²) in [5.74, 6) is 4.52. The number of carbonyl (C=O) groups excluding carboxylic acids is 1. The van der Waals surface area contributed by atoms with Gasteiger partial charge in [-0.05, 0) is 56.7 Å². The van der Waals surface area contributed by atoms with Crippen molar-refractivity contribution in [3.05, 3.63) is 59.1 Å². The SMILES string of the molecule is CC#CC(CC(=O)O)c1ccc(NC(=O)C(C)(C)Oc2cccc(Cl)c2)cc1. The van der Waals surface area contributed by atoms with Crippen molar-refractivity contribution in [1.29, 1.82) is 0 Å². The van der Waals surface area contributed by atoms with Gasteiger partial charge in [0.05, 0.1) is 12.3 Å². The van der Waals surface area contributed by atoms with Crippen LogP contribution in [0, 0.1) is 11.8 Å². The second kappa shape index (κ2) is 9.29. The molecular formula is C22H22ClNO4. The molecule has 28 heavy (non-hydrogen) atoms. The number of carbonyl (C=O) groups is 2. The van der Waals surface area contributed by atoms with E-state index in [1.165, 1.54) is 0 Å². The minimum absolute atomic E-state index is 0.0763. The van der Waals surface area contributed by atoms with Gasteiger partial charge in [-0.1, -0.05) is 35.7 Å². The summed E-state index contributed by atoms with van der Waals surface area (Å²) in [4.78, 5) is 23.6. The van der Waals surface area contributed by atoms with Gasteiger partial charge < -0.3 is 15.2 Å². The molecule has 2 aromatic carbocycles. The lowest BCUT2D eigenvalue weighted by molar-refractivity contribution is -0.137. The molecule has 2 aromatic rings. The van der Waals surface area contributed by atoms with Crippen LogP contribution in [-0.2, 0) is 9.59 Å². The number of amides is 1. The molecule has 0 spiro atoms. The Bertz CT molecular complexity index is 910. The predicted molar refractivity (Wildman–Crippen MR) is 110 cm³/mol. The highest BCUT2D eigenvalue weighted by Crippen LogP contribution is 2.24. The van der Waals surface area contributed by atoms with Gasteiger partial charge in [-0.15, -0.1) is 5.92 Å². The van der Waals surface area contributed by atoms with E-state index in [0.717, 1.165) is 5.56 Å². The van der Waals surface area contributed by atoms with Gasteiger partial charge in [0.15, 0.2) is 5.60 Å². The second-order valence-corrected chi connectivity index (χ2v) is 7.13. The van der Waals surface area contributed by atoms with Crippen LogP contribution in [0.2, 0.25) is 5.02 Å². The topological polar surface area (TPSA) is 75.6 Å². The summed E-state index contributed by atoms with van der Waals surface area (Å²) in [6.07, 6.45) is -0.0763. The van der Waals surface area contributed by atoms with Crippen LogP contribution in [0.15, 0.2) is 48.5 Å². The first-order valence-corrected chi connectivity index (χ1v) is 9.09. The fraction of sp³-hybridized carbons (Fsp3) is 0.273. The standard InChI is InChI=1S/C22H22ClNO4/c1-4-6-16(13-20(25)26)15-9-11-18(12-10-15)24-21(27)22(2,3)28-19-8-5-7-17(23)14-19/h5,7-12,14,16H,13H2,1-3H3,(H,24,27)(H,25,26). The average Bonchev–Trinajstić information content (AvgIpc) is 2.61. The second-order valence-electron chi connectivity index (χ2n) is 6.69. The third kappa shape index (κ3) is 6.04. The molecule has 146 valence electrons. The number of halogens is 1. The Labute approximate surface area is 169 Å². The van der Waals surface area contributed by atoms with E-state index in [9.17, 15) is 9.59 Å². The predicted octanol–water partition coefficient (Wildman–Crippen LogP) is 4.72. The van der Waals surface area contributed by atoms with Crippen molar-refractivity contribution in [3.63, 3.8) is 0 Å². The van der Waals surface area contributed by atoms with Crippen molar-refractivity contribution >= 4 is 29.2 Å². The maximum Gasteiger partial charge on any atom is 0.304 e. The van der Waals surface area contributed by atoms with Crippen molar-refractivity contribution in [1.82, 2.24) is 0 Å². The Morgan fingerprint density at radius 1 is 1.21 bits per heavy atom. The lowest BCUT2D eigenvalue weighted by Gasteiger charge is -2.25. The van der Waals surface area contributed by atoms with Crippen LogP contribution in [0.5, 0.6) is 5.75 Å². The molecule has 0 saturated carbocycles. The molecule has 6 heteroatoms. The van der Waals surface area contributed by atoms with Gasteiger partial charge >= 0.3 is 5.97 Å². The van der Waals surface area contributed by atoms with Crippen LogP contribution in [0.25, 0.3) is 0 Å². The maximum absolute atomic E-state index is 12.6. The zero-order valence-corrected chi connectivity index (χ0v) is 16.7. The third-order valence-electron chi connectivity index (χ3n) is 3.98. The molecule has 0 aromatic heterocycles. The van der Waals surface area contributed by atoms with Gasteiger partial charge in [0.1, 0.15) is 5.75 Å². The highest BCUT2D eigenvalue weighted by atomic mass is 35.5. The van der Waals surface area contributed by atoms with Crippen LogP contribution in [0.1, 0.15) is 38.7 Å². The molecular weight excluding hydrogens is 378 g/mol. The number of carboxylic acid groups (broad SMARTS) is 1. The Hall–Kier alpha value is -2.97. The number of anilines is 1. The molecule has 1 atom stereocenters. The average molecular weight is 400 g/mol. The highest BCUT2D eigenvalue weighted by molar-refractivity contribution is 6.30. The van der Waals surface area contributed by atoms with E-state index in [-0.39, 0.29) is 12.3 Å². The number of nitrogens with one attached hydrogen (secondary N) is 1. The molecule has 2 N–H and O–H groups in total. The molecule has 0 bridgehead atoms. The number of carboxylic acids is 1. The summed E-state index contributed by atoms with van der Waals surface area (Å²) < 4.78 is 5.77. The molecule has 1 unspecified atom stereocenters. The zero-order chi connectivity index (χ0) is 20.7. The number of ether oxygens (including phenoxy) is 1. The molecule has 5 nitrogen and oxygen atoms in total. The van der Waals surface area contributed by atoms with Gasteiger partial charge in [-0.3, -0.25) is 9.59 Å². The number of hydrogen-bond donors (Lipinski definition) is 2. The van der Waals surface area contributed by atoms with Crippen LogP contribution in [-0.4, -0.2) is 22.6 Å². The largest absolute Gasteiger partial charge is 0.481 e. The number of aliphatic carboxylic acids is 1. The van der Waals surface area contributed by atoms with E-state index in [0.29, 0.717) is 16.5 Å². The Balaban J connectivity index is 2.08. The van der Waals surface area contributed by atoms with Crippen molar-refractivity contribution < 1.29 is 19.4 Å². The number of benzene rings is 2. The molecule has 0 radical (unpaired) electrons. The summed E-state index contributed by atoms with van der Waals surface area (Å²) >= 11 is 5.95. The van der Waals surface area contributed by atoms with E-state index in [1.54, 1.807) is 69.3 Å². The van der Waals surface area contributed by atoms with Crippen molar-refractivity contribution in [2.75, 3.05) is 5.32 Å². The van der Waals surface area contributed by atoms with Crippen molar-refractivity contribution in [2.24, 2.45) is 0 Å². The maximum atomic E-state index is 12.6. The van der Waals surface area contributed by atoms with Crippen LogP contribution >= 0.6 is 11.6 Å². The lowest BCUT2D eigenvalue weighted by Crippen LogP contribution is -2.42. The first-order valence-electron chi connectivity index (χ1n) is 8.71. The molecule has 0 aliphatic heterocycles. The van der Waals surface area contributed by atoms with E-state index in [2.05, 4.69) is 17.2 Å². The smallest absolute Gasteiger partial charge is 0.304 e. The van der Waals surface area contributed by atoms with Crippen LogP contribution in [0.4, 0.5) is 5.69 Å². The van der Waals surface area contributed by atoms with E-state index < -0.39 is 17.5 Å². The van der Waals surface area contributed by atoms with Gasteiger partial charge in [0.2, 0.25) is 0 Å². The molecule has 0 saturated heterocycles. The monoisotopic (exact) mass is 399 g/mol. The van der Waals surface area contributed by atoms with Crippen LogP contribution < -0.4 is 10.1 Å². The first-order chi connectivity index (χ1) is 13.2. The van der Waals surface area contributed by atoms with E-state index in [1.807, 2.05) is 0 Å². The minimum Gasteiger partial charge on any atom is -0.481 e. The first kappa shape index (κ1) is 21.3. The summed E-state index contributed by atoms with van der Waals surface area (Å²) in [5.41, 5.74) is 0.238. The normalized spacial score (nSPS) is 11.7.